The van der Waals surface area contributed by atoms with E-state index in [4.69, 9.17) is 0 Å². The highest BCUT2D eigenvalue weighted by Crippen LogP contribution is 2.24. The molecule has 0 aromatic carbocycles. The normalized spacial score (nSPS) is 13.2. The van der Waals surface area contributed by atoms with Crippen LogP contribution < -0.4 is 10.9 Å². The van der Waals surface area contributed by atoms with Gasteiger partial charge in [0.25, 0.3) is 5.56 Å². The molecule has 0 aliphatic carbocycles. The summed E-state index contributed by atoms with van der Waals surface area (Å²) < 4.78 is 1.71. The molecule has 0 aliphatic heterocycles. The van der Waals surface area contributed by atoms with Crippen LogP contribution in [-0.4, -0.2) is 9.55 Å². The van der Waals surface area contributed by atoms with E-state index in [-0.39, 0.29) is 17.1 Å². The van der Waals surface area contributed by atoms with Gasteiger partial charge in [0.1, 0.15) is 0 Å². The van der Waals surface area contributed by atoms with Crippen molar-refractivity contribution in [3.8, 4) is 0 Å². The number of rotatable bonds is 4. The zero-order chi connectivity index (χ0) is 14.8. The maximum Gasteiger partial charge on any atom is 0.293 e. The molecular weight excluding hydrogens is 270 g/mol. The second-order valence-electron chi connectivity index (χ2n) is 5.74. The van der Waals surface area contributed by atoms with E-state index in [2.05, 4.69) is 23.3 Å². The van der Waals surface area contributed by atoms with Crippen molar-refractivity contribution >= 4 is 17.2 Å². The van der Waals surface area contributed by atoms with Crippen molar-refractivity contribution in [1.29, 1.82) is 0 Å². The van der Waals surface area contributed by atoms with Gasteiger partial charge >= 0.3 is 0 Å². The highest BCUT2D eigenvalue weighted by molar-refractivity contribution is 7.10. The van der Waals surface area contributed by atoms with Gasteiger partial charge in [0.15, 0.2) is 5.82 Å². The summed E-state index contributed by atoms with van der Waals surface area (Å²) in [6, 6.07) is 4.24. The molecule has 1 unspecified atom stereocenters. The molecule has 2 aromatic heterocycles. The fourth-order valence-electron chi connectivity index (χ4n) is 2.07. The van der Waals surface area contributed by atoms with Gasteiger partial charge in [0.05, 0.1) is 6.04 Å². The summed E-state index contributed by atoms with van der Waals surface area (Å²) in [4.78, 5) is 17.9. The monoisotopic (exact) mass is 291 g/mol. The zero-order valence-electron chi connectivity index (χ0n) is 12.4. The van der Waals surface area contributed by atoms with E-state index in [1.165, 1.54) is 4.88 Å². The Bertz CT molecular complexity index is 611. The van der Waals surface area contributed by atoms with Gasteiger partial charge in [0.2, 0.25) is 0 Å². The second kappa shape index (κ2) is 5.79. The molecule has 4 nitrogen and oxygen atoms in total. The van der Waals surface area contributed by atoms with Crippen molar-refractivity contribution in [2.45, 2.75) is 45.7 Å². The third kappa shape index (κ3) is 3.10. The Balaban J connectivity index is 2.32. The van der Waals surface area contributed by atoms with Crippen molar-refractivity contribution < 1.29 is 0 Å². The average molecular weight is 291 g/mol. The Labute approximate surface area is 123 Å². The van der Waals surface area contributed by atoms with Crippen LogP contribution in [0.25, 0.3) is 0 Å². The summed E-state index contributed by atoms with van der Waals surface area (Å²) in [5.41, 5.74) is -0.323. The first-order valence-electron chi connectivity index (χ1n) is 6.81. The molecule has 2 heterocycles. The molecule has 1 N–H and O–H groups in total. The lowest BCUT2D eigenvalue weighted by atomic mass is 10.1. The summed E-state index contributed by atoms with van der Waals surface area (Å²) >= 11 is 1.69. The minimum atomic E-state index is -0.249. The van der Waals surface area contributed by atoms with Gasteiger partial charge in [0, 0.05) is 22.8 Å². The molecule has 0 fully saturated rings. The molecule has 20 heavy (non-hydrogen) atoms. The maximum absolute atomic E-state index is 12.5. The van der Waals surface area contributed by atoms with Crippen molar-refractivity contribution in [3.05, 3.63) is 45.1 Å². The lowest BCUT2D eigenvalue weighted by molar-refractivity contribution is 0.383. The first-order chi connectivity index (χ1) is 9.43. The number of hydrogen-bond acceptors (Lipinski definition) is 4. The van der Waals surface area contributed by atoms with Crippen LogP contribution in [0.4, 0.5) is 5.82 Å². The molecule has 108 valence electrons. The van der Waals surface area contributed by atoms with Crippen LogP contribution in [0.1, 0.15) is 45.0 Å². The van der Waals surface area contributed by atoms with E-state index in [1.54, 1.807) is 28.3 Å². The summed E-state index contributed by atoms with van der Waals surface area (Å²) in [6.45, 7) is 8.13. The van der Waals surface area contributed by atoms with Crippen LogP contribution in [0.15, 0.2) is 34.7 Å². The number of nitrogens with zero attached hydrogens (tertiary/aromatic N) is 2. The Morgan fingerprint density at radius 2 is 2.20 bits per heavy atom. The van der Waals surface area contributed by atoms with E-state index >= 15 is 0 Å². The first kappa shape index (κ1) is 14.8. The molecule has 1 atom stereocenters. The van der Waals surface area contributed by atoms with Crippen molar-refractivity contribution in [2.75, 3.05) is 5.32 Å². The number of aromatic nitrogens is 2. The van der Waals surface area contributed by atoms with Crippen LogP contribution in [0, 0.1) is 0 Å². The van der Waals surface area contributed by atoms with Crippen molar-refractivity contribution in [2.24, 2.45) is 0 Å². The summed E-state index contributed by atoms with van der Waals surface area (Å²) in [5, 5.41) is 5.32. The Hall–Kier alpha value is -1.62. The van der Waals surface area contributed by atoms with Gasteiger partial charge in [-0.3, -0.25) is 4.79 Å². The Morgan fingerprint density at radius 3 is 2.75 bits per heavy atom. The van der Waals surface area contributed by atoms with E-state index in [0.29, 0.717) is 5.82 Å². The second-order valence-corrected chi connectivity index (χ2v) is 6.72. The number of hydrogen-bond donors (Lipinski definition) is 1. The van der Waals surface area contributed by atoms with Crippen molar-refractivity contribution in [1.82, 2.24) is 9.55 Å². The largest absolute Gasteiger partial charge is 0.358 e. The van der Waals surface area contributed by atoms with Gasteiger partial charge in [-0.1, -0.05) is 13.0 Å². The van der Waals surface area contributed by atoms with E-state index in [1.807, 2.05) is 32.2 Å². The van der Waals surface area contributed by atoms with Crippen LogP contribution >= 0.6 is 11.3 Å². The van der Waals surface area contributed by atoms with E-state index in [9.17, 15) is 4.79 Å². The standard InChI is InChI=1S/C15H21N3OS/c1-5-11(12-7-6-10-20-12)17-13-14(19)18(9-8-16-13)15(2,3)4/h6-11H,5H2,1-4H3,(H,16,17). The predicted octanol–water partition coefficient (Wildman–Crippen LogP) is 3.62. The van der Waals surface area contributed by atoms with Crippen LogP contribution in [-0.2, 0) is 5.54 Å². The topological polar surface area (TPSA) is 46.9 Å². The molecule has 0 bridgehead atoms. The Morgan fingerprint density at radius 1 is 1.45 bits per heavy atom. The van der Waals surface area contributed by atoms with Gasteiger partial charge in [-0.2, -0.15) is 0 Å². The van der Waals surface area contributed by atoms with Gasteiger partial charge < -0.3 is 9.88 Å². The van der Waals surface area contributed by atoms with E-state index in [0.717, 1.165) is 6.42 Å². The minimum Gasteiger partial charge on any atom is -0.358 e. The molecule has 0 saturated carbocycles. The van der Waals surface area contributed by atoms with Gasteiger partial charge in [-0.25, -0.2) is 4.98 Å². The molecule has 2 aromatic rings. The molecule has 5 heteroatoms. The quantitative estimate of drug-likeness (QED) is 0.936. The van der Waals surface area contributed by atoms with Crippen molar-refractivity contribution in [3.63, 3.8) is 0 Å². The maximum atomic E-state index is 12.5. The molecule has 2 rings (SSSR count). The fraction of sp³-hybridized carbons (Fsp3) is 0.467. The summed E-state index contributed by atoms with van der Waals surface area (Å²) in [7, 11) is 0. The third-order valence-electron chi connectivity index (χ3n) is 3.17. The molecule has 0 spiro atoms. The van der Waals surface area contributed by atoms with Crippen LogP contribution in [0.3, 0.4) is 0 Å². The number of thiophene rings is 1. The smallest absolute Gasteiger partial charge is 0.293 e. The third-order valence-corrected chi connectivity index (χ3v) is 4.16. The van der Waals surface area contributed by atoms with Gasteiger partial charge in [-0.15, -0.1) is 11.3 Å². The SMILES string of the molecule is CCC(Nc1nccn(C(C)(C)C)c1=O)c1cccs1. The summed E-state index contributed by atoms with van der Waals surface area (Å²) in [6.07, 6.45) is 4.32. The predicted molar refractivity (Wildman–Crippen MR) is 84.5 cm³/mol. The summed E-state index contributed by atoms with van der Waals surface area (Å²) in [5.74, 6) is 0.419. The molecule has 0 aliphatic rings. The number of anilines is 1. The zero-order valence-corrected chi connectivity index (χ0v) is 13.2. The lowest BCUT2D eigenvalue weighted by Gasteiger charge is -2.23. The van der Waals surface area contributed by atoms with Crippen LogP contribution in [0.5, 0.6) is 0 Å². The molecule has 0 saturated heterocycles. The lowest BCUT2D eigenvalue weighted by Crippen LogP contribution is -2.35. The molecule has 0 amide bonds. The highest BCUT2D eigenvalue weighted by Gasteiger charge is 2.18. The molecular formula is C15H21N3OS. The molecule has 0 radical (unpaired) electrons. The highest BCUT2D eigenvalue weighted by atomic mass is 32.1. The van der Waals surface area contributed by atoms with Gasteiger partial charge in [-0.05, 0) is 38.6 Å². The minimum absolute atomic E-state index is 0.0741. The average Bonchev–Trinajstić information content (AvgIpc) is 2.90. The van der Waals surface area contributed by atoms with E-state index < -0.39 is 0 Å². The fourth-order valence-corrected chi connectivity index (χ4v) is 2.93. The van der Waals surface area contributed by atoms with Crippen LogP contribution in [0.2, 0.25) is 0 Å². The number of nitrogens with one attached hydrogen (secondary N) is 1. The first-order valence-corrected chi connectivity index (χ1v) is 7.69. The Kier molecular flexibility index (Phi) is 4.28.